The van der Waals surface area contributed by atoms with E-state index < -0.39 is 11.8 Å². The predicted octanol–water partition coefficient (Wildman–Crippen LogP) is 1.64. The van der Waals surface area contributed by atoms with Crippen molar-refractivity contribution < 1.29 is 14.3 Å². The molecule has 0 saturated carbocycles. The van der Waals surface area contributed by atoms with E-state index in [0.717, 1.165) is 5.56 Å². The SMILES string of the molecule is COCc1ccccc1NC(=O)C(=O)N(C)C(C)C. The van der Waals surface area contributed by atoms with E-state index in [1.165, 1.54) is 4.90 Å². The summed E-state index contributed by atoms with van der Waals surface area (Å²) in [6, 6.07) is 7.22. The fourth-order valence-corrected chi connectivity index (χ4v) is 1.49. The lowest BCUT2D eigenvalue weighted by molar-refractivity contribution is -0.143. The van der Waals surface area contributed by atoms with E-state index in [2.05, 4.69) is 5.32 Å². The van der Waals surface area contributed by atoms with E-state index in [1.54, 1.807) is 26.3 Å². The van der Waals surface area contributed by atoms with Crippen LogP contribution >= 0.6 is 0 Å². The van der Waals surface area contributed by atoms with Crippen LogP contribution < -0.4 is 5.32 Å². The molecule has 0 aromatic heterocycles. The summed E-state index contributed by atoms with van der Waals surface area (Å²) in [5.41, 5.74) is 1.43. The lowest BCUT2D eigenvalue weighted by atomic mass is 10.2. The molecule has 5 nitrogen and oxygen atoms in total. The van der Waals surface area contributed by atoms with Crippen LogP contribution in [0.25, 0.3) is 0 Å². The minimum atomic E-state index is -0.639. The molecule has 2 amide bonds. The number of carbonyl (C=O) groups is 2. The van der Waals surface area contributed by atoms with Crippen molar-refractivity contribution in [2.45, 2.75) is 26.5 Å². The summed E-state index contributed by atoms with van der Waals surface area (Å²) in [5.74, 6) is -1.19. The maximum absolute atomic E-state index is 11.9. The molecule has 0 unspecified atom stereocenters. The molecule has 0 fully saturated rings. The minimum Gasteiger partial charge on any atom is -0.380 e. The Morgan fingerprint density at radius 3 is 2.53 bits per heavy atom. The van der Waals surface area contributed by atoms with Crippen molar-refractivity contribution in [1.82, 2.24) is 4.90 Å². The highest BCUT2D eigenvalue weighted by molar-refractivity contribution is 6.39. The number of likely N-dealkylation sites (N-methyl/N-ethyl adjacent to an activating group) is 1. The van der Waals surface area contributed by atoms with Gasteiger partial charge in [0, 0.05) is 31.5 Å². The molecule has 5 heteroatoms. The van der Waals surface area contributed by atoms with Crippen molar-refractivity contribution in [3.05, 3.63) is 29.8 Å². The van der Waals surface area contributed by atoms with Crippen LogP contribution in [0.15, 0.2) is 24.3 Å². The Morgan fingerprint density at radius 1 is 1.32 bits per heavy atom. The number of hydrogen-bond donors (Lipinski definition) is 1. The number of anilines is 1. The smallest absolute Gasteiger partial charge is 0.313 e. The third kappa shape index (κ3) is 4.06. The first kappa shape index (κ1) is 15.2. The lowest BCUT2D eigenvalue weighted by Gasteiger charge is -2.21. The van der Waals surface area contributed by atoms with Gasteiger partial charge in [0.2, 0.25) is 0 Å². The Morgan fingerprint density at radius 2 is 1.95 bits per heavy atom. The molecule has 104 valence electrons. The first-order valence-corrected chi connectivity index (χ1v) is 6.12. The van der Waals surface area contributed by atoms with Crippen LogP contribution in [0.2, 0.25) is 0 Å². The Hall–Kier alpha value is -1.88. The summed E-state index contributed by atoms with van der Waals surface area (Å²) in [5, 5.41) is 2.62. The molecule has 0 heterocycles. The fourth-order valence-electron chi connectivity index (χ4n) is 1.49. The first-order valence-electron chi connectivity index (χ1n) is 6.12. The van der Waals surface area contributed by atoms with Crippen molar-refractivity contribution >= 4 is 17.5 Å². The van der Waals surface area contributed by atoms with E-state index in [9.17, 15) is 9.59 Å². The highest BCUT2D eigenvalue weighted by atomic mass is 16.5. The minimum absolute atomic E-state index is 0.0209. The third-order valence-corrected chi connectivity index (χ3v) is 2.85. The van der Waals surface area contributed by atoms with Crippen molar-refractivity contribution in [1.29, 1.82) is 0 Å². The van der Waals surface area contributed by atoms with Gasteiger partial charge in [-0.3, -0.25) is 9.59 Å². The van der Waals surface area contributed by atoms with E-state index in [-0.39, 0.29) is 6.04 Å². The summed E-state index contributed by atoms with van der Waals surface area (Å²) in [6.07, 6.45) is 0. The second-order valence-electron chi connectivity index (χ2n) is 4.55. The quantitative estimate of drug-likeness (QED) is 0.841. The molecule has 0 bridgehead atoms. The molecule has 1 aromatic carbocycles. The van der Waals surface area contributed by atoms with E-state index in [1.807, 2.05) is 26.0 Å². The number of ether oxygens (including phenoxy) is 1. The van der Waals surface area contributed by atoms with E-state index in [0.29, 0.717) is 12.3 Å². The number of benzene rings is 1. The molecule has 0 aliphatic heterocycles. The number of para-hydroxylation sites is 1. The van der Waals surface area contributed by atoms with E-state index >= 15 is 0 Å². The Balaban J connectivity index is 2.79. The van der Waals surface area contributed by atoms with Crippen LogP contribution in [0.3, 0.4) is 0 Å². The van der Waals surface area contributed by atoms with Crippen LogP contribution in [-0.4, -0.2) is 36.9 Å². The highest BCUT2D eigenvalue weighted by Gasteiger charge is 2.21. The normalized spacial score (nSPS) is 10.4. The number of rotatable bonds is 4. The highest BCUT2D eigenvalue weighted by Crippen LogP contribution is 2.16. The Labute approximate surface area is 113 Å². The number of amides is 2. The molecule has 0 spiro atoms. The molecule has 19 heavy (non-hydrogen) atoms. The van der Waals surface area contributed by atoms with Crippen molar-refractivity contribution in [2.24, 2.45) is 0 Å². The van der Waals surface area contributed by atoms with Gasteiger partial charge in [0.15, 0.2) is 0 Å². The van der Waals surface area contributed by atoms with Gasteiger partial charge in [-0.2, -0.15) is 0 Å². The van der Waals surface area contributed by atoms with Crippen LogP contribution in [0, 0.1) is 0 Å². The van der Waals surface area contributed by atoms with Crippen LogP contribution in [0.5, 0.6) is 0 Å². The summed E-state index contributed by atoms with van der Waals surface area (Å²) < 4.78 is 5.05. The summed E-state index contributed by atoms with van der Waals surface area (Å²) in [6.45, 7) is 4.08. The van der Waals surface area contributed by atoms with Gasteiger partial charge in [-0.05, 0) is 19.9 Å². The van der Waals surface area contributed by atoms with Gasteiger partial charge in [0.1, 0.15) is 0 Å². The van der Waals surface area contributed by atoms with E-state index in [4.69, 9.17) is 4.74 Å². The summed E-state index contributed by atoms with van der Waals surface area (Å²) >= 11 is 0. The third-order valence-electron chi connectivity index (χ3n) is 2.85. The zero-order valence-corrected chi connectivity index (χ0v) is 11.8. The Bertz CT molecular complexity index is 458. The van der Waals surface area contributed by atoms with Gasteiger partial charge in [-0.25, -0.2) is 0 Å². The largest absolute Gasteiger partial charge is 0.380 e. The van der Waals surface area contributed by atoms with Gasteiger partial charge in [0.25, 0.3) is 0 Å². The average molecular weight is 264 g/mol. The molecule has 0 radical (unpaired) electrons. The molecule has 1 N–H and O–H groups in total. The first-order chi connectivity index (χ1) is 8.97. The fraction of sp³-hybridized carbons (Fsp3) is 0.429. The Kier molecular flexibility index (Phi) is 5.51. The molecule has 1 rings (SSSR count). The molecule has 0 saturated heterocycles. The number of carbonyl (C=O) groups excluding carboxylic acids is 2. The van der Waals surface area contributed by atoms with Crippen LogP contribution in [0.1, 0.15) is 19.4 Å². The average Bonchev–Trinajstić information content (AvgIpc) is 2.39. The van der Waals surface area contributed by atoms with Crippen LogP contribution in [-0.2, 0) is 20.9 Å². The van der Waals surface area contributed by atoms with Crippen LogP contribution in [0.4, 0.5) is 5.69 Å². The molecule has 0 aliphatic carbocycles. The summed E-state index contributed by atoms with van der Waals surface area (Å²) in [4.78, 5) is 25.1. The molecular weight excluding hydrogens is 244 g/mol. The number of methoxy groups -OCH3 is 1. The van der Waals surface area contributed by atoms with Gasteiger partial charge in [-0.15, -0.1) is 0 Å². The predicted molar refractivity (Wildman–Crippen MR) is 73.7 cm³/mol. The van der Waals surface area contributed by atoms with Crippen molar-refractivity contribution in [3.8, 4) is 0 Å². The molecule has 0 atom stereocenters. The molecule has 0 aliphatic rings. The number of nitrogens with zero attached hydrogens (tertiary/aromatic N) is 1. The molecular formula is C14H20N2O3. The lowest BCUT2D eigenvalue weighted by Crippen LogP contribution is -2.41. The maximum Gasteiger partial charge on any atom is 0.313 e. The maximum atomic E-state index is 11.9. The zero-order chi connectivity index (χ0) is 14.4. The second kappa shape index (κ2) is 6.89. The van der Waals surface area contributed by atoms with Gasteiger partial charge >= 0.3 is 11.8 Å². The number of hydrogen-bond acceptors (Lipinski definition) is 3. The van der Waals surface area contributed by atoms with Crippen molar-refractivity contribution in [2.75, 3.05) is 19.5 Å². The monoisotopic (exact) mass is 264 g/mol. The van der Waals surface area contributed by atoms with Gasteiger partial charge in [-0.1, -0.05) is 18.2 Å². The topological polar surface area (TPSA) is 58.6 Å². The standard InChI is InChI=1S/C14H20N2O3/c1-10(2)16(3)14(18)13(17)15-12-8-6-5-7-11(12)9-19-4/h5-8,10H,9H2,1-4H3,(H,15,17). The summed E-state index contributed by atoms with van der Waals surface area (Å²) in [7, 11) is 3.18. The second-order valence-corrected chi connectivity index (χ2v) is 4.55. The molecule has 1 aromatic rings. The van der Waals surface area contributed by atoms with Crippen molar-refractivity contribution in [3.63, 3.8) is 0 Å². The number of nitrogens with one attached hydrogen (secondary N) is 1. The van der Waals surface area contributed by atoms with Gasteiger partial charge < -0.3 is 15.0 Å². The van der Waals surface area contributed by atoms with Gasteiger partial charge in [0.05, 0.1) is 6.61 Å². The zero-order valence-electron chi connectivity index (χ0n) is 11.8.